The van der Waals surface area contributed by atoms with Gasteiger partial charge >= 0.3 is 11.9 Å². The molecule has 0 aliphatic heterocycles. The van der Waals surface area contributed by atoms with Crippen LogP contribution in [0, 0.1) is 0 Å². The minimum absolute atomic E-state index is 0.00359. The maximum Gasteiger partial charge on any atom is 0.338 e. The lowest BCUT2D eigenvalue weighted by Crippen LogP contribution is -2.59. The lowest BCUT2D eigenvalue weighted by Gasteiger charge is -2.29. The standard InChI is InChI=1S/C21H25NO4/c1-20(2,3)26-19(24)21(22,14-16-10-6-4-7-11-16)18(23)25-15-17-12-8-5-9-13-17/h4-13H,14-15,22H2,1-3H3/t21-/m0/s1. The number of carbonyl (C=O) groups is 2. The van der Waals surface area contributed by atoms with Crippen LogP contribution < -0.4 is 5.73 Å². The Bertz CT molecular complexity index is 738. The molecule has 2 rings (SSSR count). The number of benzene rings is 2. The van der Waals surface area contributed by atoms with Crippen LogP contribution in [-0.2, 0) is 32.1 Å². The average molecular weight is 355 g/mol. The molecular weight excluding hydrogens is 330 g/mol. The quantitative estimate of drug-likeness (QED) is 0.636. The Morgan fingerprint density at radius 3 is 1.85 bits per heavy atom. The van der Waals surface area contributed by atoms with Crippen molar-refractivity contribution in [3.63, 3.8) is 0 Å². The van der Waals surface area contributed by atoms with Gasteiger partial charge in [0.25, 0.3) is 0 Å². The highest BCUT2D eigenvalue weighted by molar-refractivity contribution is 6.05. The fourth-order valence-electron chi connectivity index (χ4n) is 2.37. The van der Waals surface area contributed by atoms with Crippen molar-refractivity contribution >= 4 is 11.9 Å². The van der Waals surface area contributed by atoms with E-state index in [1.807, 2.05) is 48.5 Å². The van der Waals surface area contributed by atoms with Crippen molar-refractivity contribution in [2.45, 2.75) is 44.9 Å². The van der Waals surface area contributed by atoms with Gasteiger partial charge in [0.05, 0.1) is 0 Å². The zero-order chi connectivity index (χ0) is 19.2. The van der Waals surface area contributed by atoms with Gasteiger partial charge in [-0.2, -0.15) is 0 Å². The molecule has 1 atom stereocenters. The number of carbonyl (C=O) groups excluding carboxylic acids is 2. The lowest BCUT2D eigenvalue weighted by molar-refractivity contribution is -0.172. The van der Waals surface area contributed by atoms with Gasteiger partial charge in [-0.3, -0.25) is 0 Å². The summed E-state index contributed by atoms with van der Waals surface area (Å²) in [5, 5.41) is 0. The van der Waals surface area contributed by atoms with Crippen molar-refractivity contribution in [2.75, 3.05) is 0 Å². The molecule has 2 N–H and O–H groups in total. The van der Waals surface area contributed by atoms with Crippen LogP contribution in [0.25, 0.3) is 0 Å². The molecule has 0 heterocycles. The fourth-order valence-corrected chi connectivity index (χ4v) is 2.37. The predicted molar refractivity (Wildman–Crippen MR) is 99.1 cm³/mol. The smallest absolute Gasteiger partial charge is 0.338 e. The van der Waals surface area contributed by atoms with Crippen LogP contribution in [0.2, 0.25) is 0 Å². The Kier molecular flexibility index (Phi) is 6.16. The average Bonchev–Trinajstić information content (AvgIpc) is 2.59. The molecule has 5 heteroatoms. The highest BCUT2D eigenvalue weighted by Gasteiger charge is 2.46. The van der Waals surface area contributed by atoms with E-state index in [9.17, 15) is 9.59 Å². The molecule has 2 aromatic carbocycles. The first-order valence-corrected chi connectivity index (χ1v) is 8.48. The van der Waals surface area contributed by atoms with E-state index in [1.54, 1.807) is 32.9 Å². The van der Waals surface area contributed by atoms with Crippen molar-refractivity contribution in [1.82, 2.24) is 0 Å². The van der Waals surface area contributed by atoms with Gasteiger partial charge in [-0.15, -0.1) is 0 Å². The van der Waals surface area contributed by atoms with E-state index in [-0.39, 0.29) is 13.0 Å². The first-order valence-electron chi connectivity index (χ1n) is 8.48. The highest BCUT2D eigenvalue weighted by atomic mass is 16.6. The Morgan fingerprint density at radius 2 is 1.35 bits per heavy atom. The minimum Gasteiger partial charge on any atom is -0.459 e. The summed E-state index contributed by atoms with van der Waals surface area (Å²) >= 11 is 0. The highest BCUT2D eigenvalue weighted by Crippen LogP contribution is 2.20. The van der Waals surface area contributed by atoms with Crippen molar-refractivity contribution in [3.05, 3.63) is 71.8 Å². The van der Waals surface area contributed by atoms with Gasteiger partial charge in [0, 0.05) is 6.42 Å². The molecule has 0 aliphatic rings. The van der Waals surface area contributed by atoms with Crippen LogP contribution in [0.15, 0.2) is 60.7 Å². The monoisotopic (exact) mass is 355 g/mol. The minimum atomic E-state index is -1.91. The van der Waals surface area contributed by atoms with E-state index in [2.05, 4.69) is 0 Å². The van der Waals surface area contributed by atoms with Gasteiger partial charge in [0.1, 0.15) is 12.2 Å². The summed E-state index contributed by atoms with van der Waals surface area (Å²) in [6, 6.07) is 18.3. The molecular formula is C21H25NO4. The van der Waals surface area contributed by atoms with E-state index in [0.717, 1.165) is 11.1 Å². The Hall–Kier alpha value is -2.66. The molecule has 0 aliphatic carbocycles. The first kappa shape index (κ1) is 19.7. The summed E-state index contributed by atoms with van der Waals surface area (Å²) in [7, 11) is 0. The molecule has 0 bridgehead atoms. The van der Waals surface area contributed by atoms with Crippen molar-refractivity contribution in [3.8, 4) is 0 Å². The number of esters is 2. The summed E-state index contributed by atoms with van der Waals surface area (Å²) in [6.45, 7) is 5.21. The van der Waals surface area contributed by atoms with Gasteiger partial charge in [-0.05, 0) is 31.9 Å². The second kappa shape index (κ2) is 8.15. The molecule has 26 heavy (non-hydrogen) atoms. The zero-order valence-corrected chi connectivity index (χ0v) is 15.4. The van der Waals surface area contributed by atoms with Crippen LogP contribution in [0.4, 0.5) is 0 Å². The van der Waals surface area contributed by atoms with E-state index in [0.29, 0.717) is 0 Å². The Balaban J connectivity index is 2.20. The number of rotatable bonds is 6. The van der Waals surface area contributed by atoms with Crippen LogP contribution in [0.1, 0.15) is 31.9 Å². The molecule has 0 saturated carbocycles. The first-order chi connectivity index (χ1) is 12.2. The van der Waals surface area contributed by atoms with E-state index >= 15 is 0 Å². The summed E-state index contributed by atoms with van der Waals surface area (Å²) in [5.74, 6) is -1.61. The SMILES string of the molecule is CC(C)(C)OC(=O)[C@](N)(Cc1ccccc1)C(=O)OCc1ccccc1. The number of ether oxygens (including phenoxy) is 2. The molecule has 138 valence electrons. The molecule has 0 spiro atoms. The second-order valence-electron chi connectivity index (χ2n) is 7.20. The van der Waals surface area contributed by atoms with Gasteiger partial charge in [-0.25, -0.2) is 9.59 Å². The van der Waals surface area contributed by atoms with Gasteiger partial charge in [-0.1, -0.05) is 60.7 Å². The van der Waals surface area contributed by atoms with Crippen LogP contribution >= 0.6 is 0 Å². The third-order valence-corrected chi connectivity index (χ3v) is 3.67. The van der Waals surface area contributed by atoms with Gasteiger partial charge in [0.2, 0.25) is 5.54 Å². The van der Waals surface area contributed by atoms with E-state index < -0.39 is 23.1 Å². The largest absolute Gasteiger partial charge is 0.459 e. The predicted octanol–water partition coefficient (Wildman–Crippen LogP) is 3.01. The number of hydrogen-bond donors (Lipinski definition) is 1. The molecule has 5 nitrogen and oxygen atoms in total. The number of nitrogens with two attached hydrogens (primary N) is 1. The molecule has 0 saturated heterocycles. The van der Waals surface area contributed by atoms with Crippen molar-refractivity contribution < 1.29 is 19.1 Å². The molecule has 0 amide bonds. The Morgan fingerprint density at radius 1 is 0.846 bits per heavy atom. The number of hydrogen-bond acceptors (Lipinski definition) is 5. The summed E-state index contributed by atoms with van der Waals surface area (Å²) < 4.78 is 10.7. The molecule has 0 radical (unpaired) electrons. The lowest BCUT2D eigenvalue weighted by atomic mass is 9.91. The van der Waals surface area contributed by atoms with Crippen molar-refractivity contribution in [2.24, 2.45) is 5.73 Å². The van der Waals surface area contributed by atoms with E-state index in [1.165, 1.54) is 0 Å². The van der Waals surface area contributed by atoms with Gasteiger partial charge in [0.15, 0.2) is 0 Å². The van der Waals surface area contributed by atoms with Gasteiger partial charge < -0.3 is 15.2 Å². The summed E-state index contributed by atoms with van der Waals surface area (Å²) in [5.41, 5.74) is 5.12. The topological polar surface area (TPSA) is 78.6 Å². The fraction of sp³-hybridized carbons (Fsp3) is 0.333. The maximum absolute atomic E-state index is 12.7. The van der Waals surface area contributed by atoms with Crippen LogP contribution in [-0.4, -0.2) is 23.1 Å². The summed E-state index contributed by atoms with van der Waals surface area (Å²) in [6.07, 6.45) is -0.00359. The Labute approximate surface area is 154 Å². The normalized spacial score (nSPS) is 13.5. The van der Waals surface area contributed by atoms with Crippen molar-refractivity contribution in [1.29, 1.82) is 0 Å². The maximum atomic E-state index is 12.7. The molecule has 0 aromatic heterocycles. The molecule has 0 fully saturated rings. The second-order valence-corrected chi connectivity index (χ2v) is 7.20. The molecule has 2 aromatic rings. The van der Waals surface area contributed by atoms with Crippen LogP contribution in [0.3, 0.4) is 0 Å². The zero-order valence-electron chi connectivity index (χ0n) is 15.4. The van der Waals surface area contributed by atoms with Crippen LogP contribution in [0.5, 0.6) is 0 Å². The molecule has 0 unspecified atom stereocenters. The summed E-state index contributed by atoms with van der Waals surface area (Å²) in [4.78, 5) is 25.4. The third-order valence-electron chi connectivity index (χ3n) is 3.67. The third kappa shape index (κ3) is 5.43. The van der Waals surface area contributed by atoms with E-state index in [4.69, 9.17) is 15.2 Å².